The summed E-state index contributed by atoms with van der Waals surface area (Å²) >= 11 is 0. The SMILES string of the molecule is COc1ccc([C@H]2[C@@H]3CCCC[C@H]3[C@@H]2NCc2ccncc2)cc1OC. The fourth-order valence-corrected chi connectivity index (χ4v) is 5.00. The molecule has 0 aliphatic heterocycles. The predicted molar refractivity (Wildman–Crippen MR) is 103 cm³/mol. The van der Waals surface area contributed by atoms with E-state index in [0.29, 0.717) is 12.0 Å². The normalized spacial score (nSPS) is 27.3. The summed E-state index contributed by atoms with van der Waals surface area (Å²) in [6.07, 6.45) is 9.16. The van der Waals surface area contributed by atoms with Crippen molar-refractivity contribution in [3.8, 4) is 11.5 Å². The number of hydrogen-bond donors (Lipinski definition) is 1. The summed E-state index contributed by atoms with van der Waals surface area (Å²) in [5.41, 5.74) is 2.67. The van der Waals surface area contributed by atoms with Crippen molar-refractivity contribution in [1.29, 1.82) is 0 Å². The molecule has 1 aromatic carbocycles. The number of fused-ring (bicyclic) bond motifs is 1. The van der Waals surface area contributed by atoms with Crippen LogP contribution in [0.1, 0.15) is 42.7 Å². The van der Waals surface area contributed by atoms with Crippen LogP contribution in [0.5, 0.6) is 11.5 Å². The Kier molecular flexibility index (Phi) is 5.11. The molecule has 0 radical (unpaired) electrons. The van der Waals surface area contributed by atoms with Crippen molar-refractivity contribution in [2.75, 3.05) is 14.2 Å². The third-order valence-electron chi connectivity index (χ3n) is 6.27. The topological polar surface area (TPSA) is 43.4 Å². The highest BCUT2D eigenvalue weighted by molar-refractivity contribution is 5.45. The summed E-state index contributed by atoms with van der Waals surface area (Å²) < 4.78 is 11.0. The van der Waals surface area contributed by atoms with Gasteiger partial charge in [0.05, 0.1) is 14.2 Å². The molecule has 0 bridgehead atoms. The Labute approximate surface area is 155 Å². The Hall–Kier alpha value is -2.07. The monoisotopic (exact) mass is 352 g/mol. The lowest BCUT2D eigenvalue weighted by Gasteiger charge is -2.55. The number of benzene rings is 1. The molecule has 2 aliphatic rings. The second-order valence-electron chi connectivity index (χ2n) is 7.51. The van der Waals surface area contributed by atoms with E-state index in [2.05, 4.69) is 34.6 Å². The number of rotatable bonds is 6. The first-order valence-electron chi connectivity index (χ1n) is 9.66. The van der Waals surface area contributed by atoms with Crippen molar-refractivity contribution in [1.82, 2.24) is 10.3 Å². The van der Waals surface area contributed by atoms with Gasteiger partial charge in [-0.05, 0) is 60.1 Å². The fourth-order valence-electron chi connectivity index (χ4n) is 5.00. The van der Waals surface area contributed by atoms with E-state index in [1.807, 2.05) is 18.5 Å². The third-order valence-corrected chi connectivity index (χ3v) is 6.27. The maximum atomic E-state index is 5.54. The van der Waals surface area contributed by atoms with E-state index in [1.165, 1.54) is 36.8 Å². The molecule has 2 aliphatic carbocycles. The molecule has 4 nitrogen and oxygen atoms in total. The number of ether oxygens (including phenoxy) is 2. The fraction of sp³-hybridized carbons (Fsp3) is 0.500. The van der Waals surface area contributed by atoms with Gasteiger partial charge < -0.3 is 14.8 Å². The molecule has 2 fully saturated rings. The van der Waals surface area contributed by atoms with Gasteiger partial charge in [0.2, 0.25) is 0 Å². The molecule has 0 unspecified atom stereocenters. The second-order valence-corrected chi connectivity index (χ2v) is 7.51. The zero-order valence-corrected chi connectivity index (χ0v) is 15.7. The van der Waals surface area contributed by atoms with Crippen molar-refractivity contribution < 1.29 is 9.47 Å². The molecule has 1 heterocycles. The van der Waals surface area contributed by atoms with Crippen LogP contribution < -0.4 is 14.8 Å². The van der Waals surface area contributed by atoms with E-state index in [4.69, 9.17) is 9.47 Å². The van der Waals surface area contributed by atoms with Gasteiger partial charge in [-0.15, -0.1) is 0 Å². The highest BCUT2D eigenvalue weighted by atomic mass is 16.5. The van der Waals surface area contributed by atoms with E-state index < -0.39 is 0 Å². The number of pyridine rings is 1. The van der Waals surface area contributed by atoms with Crippen molar-refractivity contribution in [2.45, 2.75) is 44.2 Å². The van der Waals surface area contributed by atoms with Crippen LogP contribution in [0, 0.1) is 11.8 Å². The molecule has 2 aromatic rings. The number of hydrogen-bond acceptors (Lipinski definition) is 4. The van der Waals surface area contributed by atoms with Gasteiger partial charge >= 0.3 is 0 Å². The molecule has 1 aromatic heterocycles. The number of nitrogens with one attached hydrogen (secondary N) is 1. The summed E-state index contributed by atoms with van der Waals surface area (Å²) in [4.78, 5) is 4.12. The maximum Gasteiger partial charge on any atom is 0.160 e. The Morgan fingerprint density at radius 3 is 2.42 bits per heavy atom. The van der Waals surface area contributed by atoms with Gasteiger partial charge in [0, 0.05) is 30.9 Å². The largest absolute Gasteiger partial charge is 0.493 e. The third kappa shape index (κ3) is 3.18. The van der Waals surface area contributed by atoms with E-state index in [0.717, 1.165) is 29.9 Å². The van der Waals surface area contributed by atoms with E-state index in [1.54, 1.807) is 14.2 Å². The quantitative estimate of drug-likeness (QED) is 0.848. The number of methoxy groups -OCH3 is 2. The minimum Gasteiger partial charge on any atom is -0.493 e. The van der Waals surface area contributed by atoms with E-state index >= 15 is 0 Å². The van der Waals surface area contributed by atoms with Gasteiger partial charge in [-0.25, -0.2) is 0 Å². The minimum atomic E-state index is 0.534. The van der Waals surface area contributed by atoms with Crippen LogP contribution in [-0.2, 0) is 6.54 Å². The van der Waals surface area contributed by atoms with Crippen LogP contribution in [0.4, 0.5) is 0 Å². The first kappa shape index (κ1) is 17.3. The second kappa shape index (κ2) is 7.67. The highest BCUT2D eigenvalue weighted by Crippen LogP contribution is 2.55. The molecule has 2 saturated carbocycles. The predicted octanol–water partition coefficient (Wildman–Crippen LogP) is 4.16. The van der Waals surface area contributed by atoms with Gasteiger partial charge in [0.1, 0.15) is 0 Å². The minimum absolute atomic E-state index is 0.534. The highest BCUT2D eigenvalue weighted by Gasteiger charge is 2.51. The summed E-state index contributed by atoms with van der Waals surface area (Å²) in [5.74, 6) is 3.77. The average Bonchev–Trinajstić information content (AvgIpc) is 2.69. The van der Waals surface area contributed by atoms with E-state index in [-0.39, 0.29) is 0 Å². The first-order valence-corrected chi connectivity index (χ1v) is 9.66. The van der Waals surface area contributed by atoms with Crippen molar-refractivity contribution in [3.05, 3.63) is 53.9 Å². The van der Waals surface area contributed by atoms with Gasteiger partial charge in [0.15, 0.2) is 11.5 Å². The Morgan fingerprint density at radius 1 is 0.962 bits per heavy atom. The molecule has 26 heavy (non-hydrogen) atoms. The molecule has 4 heteroatoms. The number of nitrogens with zero attached hydrogens (tertiary/aromatic N) is 1. The Bertz CT molecular complexity index is 734. The van der Waals surface area contributed by atoms with Crippen LogP contribution in [0.15, 0.2) is 42.7 Å². The van der Waals surface area contributed by atoms with Crippen LogP contribution in [-0.4, -0.2) is 25.2 Å². The van der Waals surface area contributed by atoms with Crippen LogP contribution in [0.3, 0.4) is 0 Å². The molecule has 0 saturated heterocycles. The zero-order valence-electron chi connectivity index (χ0n) is 15.7. The van der Waals surface area contributed by atoms with Gasteiger partial charge in [-0.3, -0.25) is 4.98 Å². The first-order chi connectivity index (χ1) is 12.8. The molecule has 0 spiro atoms. The molecule has 4 atom stereocenters. The zero-order chi connectivity index (χ0) is 17.9. The standard InChI is InChI=1S/C22H28N2O2/c1-25-19-8-7-16(13-20(19)26-2)21-17-5-3-4-6-18(17)22(21)24-14-15-9-11-23-12-10-15/h7-13,17-18,21-22,24H,3-6,14H2,1-2H3/t17-,18-,21+,22+/m1/s1. The van der Waals surface area contributed by atoms with E-state index in [9.17, 15) is 0 Å². The lowest BCUT2D eigenvalue weighted by Crippen LogP contribution is -2.57. The Morgan fingerprint density at radius 2 is 1.69 bits per heavy atom. The summed E-state index contributed by atoms with van der Waals surface area (Å²) in [5, 5.41) is 3.85. The maximum absolute atomic E-state index is 5.54. The lowest BCUT2D eigenvalue weighted by molar-refractivity contribution is 0.0253. The van der Waals surface area contributed by atoms with Gasteiger partial charge in [-0.2, -0.15) is 0 Å². The van der Waals surface area contributed by atoms with Crippen LogP contribution >= 0.6 is 0 Å². The molecule has 138 valence electrons. The molecular weight excluding hydrogens is 324 g/mol. The van der Waals surface area contributed by atoms with Crippen LogP contribution in [0.25, 0.3) is 0 Å². The molecule has 0 amide bonds. The van der Waals surface area contributed by atoms with Gasteiger partial charge in [0.25, 0.3) is 0 Å². The summed E-state index contributed by atoms with van der Waals surface area (Å²) in [6.45, 7) is 0.903. The summed E-state index contributed by atoms with van der Waals surface area (Å²) in [6, 6.07) is 11.2. The molecule has 1 N–H and O–H groups in total. The van der Waals surface area contributed by atoms with Crippen molar-refractivity contribution in [2.24, 2.45) is 11.8 Å². The lowest BCUT2D eigenvalue weighted by atomic mass is 9.53. The van der Waals surface area contributed by atoms with Crippen LogP contribution in [0.2, 0.25) is 0 Å². The summed E-state index contributed by atoms with van der Waals surface area (Å²) in [7, 11) is 3.40. The van der Waals surface area contributed by atoms with Crippen molar-refractivity contribution >= 4 is 0 Å². The van der Waals surface area contributed by atoms with Crippen molar-refractivity contribution in [3.63, 3.8) is 0 Å². The molecular formula is C22H28N2O2. The molecule has 4 rings (SSSR count). The smallest absolute Gasteiger partial charge is 0.160 e. The average molecular weight is 352 g/mol. The Balaban J connectivity index is 1.55. The van der Waals surface area contributed by atoms with Gasteiger partial charge in [-0.1, -0.05) is 18.9 Å². The number of aromatic nitrogens is 1.